The third kappa shape index (κ3) is 4.15. The minimum Gasteiger partial charge on any atom is -0.496 e. The van der Waals surface area contributed by atoms with Gasteiger partial charge in [0, 0.05) is 35.3 Å². The summed E-state index contributed by atoms with van der Waals surface area (Å²) < 4.78 is 5.29. The van der Waals surface area contributed by atoms with Gasteiger partial charge >= 0.3 is 0 Å². The molecule has 148 valence electrons. The summed E-state index contributed by atoms with van der Waals surface area (Å²) in [6.07, 6.45) is 3.64. The lowest BCUT2D eigenvalue weighted by molar-refractivity contribution is -0.121. The number of nitrogens with zero attached hydrogens (tertiary/aromatic N) is 2. The highest BCUT2D eigenvalue weighted by molar-refractivity contribution is 7.13. The third-order valence-electron chi connectivity index (χ3n) is 5.29. The summed E-state index contributed by atoms with van der Waals surface area (Å²) in [5.74, 6) is 0.846. The number of anilines is 1. The second-order valence-corrected chi connectivity index (χ2v) is 8.55. The van der Waals surface area contributed by atoms with E-state index < -0.39 is 0 Å². The first-order valence-electron chi connectivity index (χ1n) is 9.44. The number of hydrogen-bond acceptors (Lipinski definition) is 5. The van der Waals surface area contributed by atoms with Gasteiger partial charge in [0.15, 0.2) is 5.13 Å². The molecule has 0 atom stereocenters. The Morgan fingerprint density at radius 2 is 2.00 bits per heavy atom. The van der Waals surface area contributed by atoms with Gasteiger partial charge in [-0.1, -0.05) is 11.6 Å². The fourth-order valence-corrected chi connectivity index (χ4v) is 4.45. The lowest BCUT2D eigenvalue weighted by Gasteiger charge is -2.31. The first kappa shape index (κ1) is 19.2. The zero-order chi connectivity index (χ0) is 19.7. The van der Waals surface area contributed by atoms with Crippen molar-refractivity contribution in [3.05, 3.63) is 39.9 Å². The molecule has 2 heterocycles. The summed E-state index contributed by atoms with van der Waals surface area (Å²) in [5.41, 5.74) is 1.55. The highest BCUT2D eigenvalue weighted by Gasteiger charge is 2.30. The Bertz CT molecular complexity index is 889. The average Bonchev–Trinajstić information content (AvgIpc) is 3.46. The van der Waals surface area contributed by atoms with E-state index in [1.807, 2.05) is 5.38 Å². The fraction of sp³-hybridized carbons (Fsp3) is 0.450. The minimum atomic E-state index is -0.118. The van der Waals surface area contributed by atoms with Crippen LogP contribution in [0.5, 0.6) is 5.75 Å². The Balaban J connectivity index is 1.34. The van der Waals surface area contributed by atoms with Gasteiger partial charge in [0.05, 0.1) is 18.4 Å². The summed E-state index contributed by atoms with van der Waals surface area (Å²) in [7, 11) is 1.53. The number of hydrogen-bond donors (Lipinski definition) is 1. The van der Waals surface area contributed by atoms with Crippen molar-refractivity contribution < 1.29 is 14.3 Å². The molecule has 0 spiro atoms. The predicted octanol–water partition coefficient (Wildman–Crippen LogP) is 4.17. The molecule has 1 N–H and O–H groups in total. The van der Waals surface area contributed by atoms with Crippen molar-refractivity contribution in [2.45, 2.75) is 31.6 Å². The van der Waals surface area contributed by atoms with Crippen LogP contribution in [0.25, 0.3) is 0 Å². The minimum absolute atomic E-state index is 0.0101. The van der Waals surface area contributed by atoms with Crippen LogP contribution in [-0.2, 0) is 4.79 Å². The zero-order valence-corrected chi connectivity index (χ0v) is 17.2. The highest BCUT2D eigenvalue weighted by atomic mass is 35.5. The topological polar surface area (TPSA) is 71.5 Å². The van der Waals surface area contributed by atoms with Crippen molar-refractivity contribution in [1.82, 2.24) is 9.88 Å². The van der Waals surface area contributed by atoms with Gasteiger partial charge in [0.25, 0.3) is 5.91 Å². The number of carbonyl (C=O) groups is 2. The number of methoxy groups -OCH3 is 1. The van der Waals surface area contributed by atoms with E-state index >= 15 is 0 Å². The maximum Gasteiger partial charge on any atom is 0.257 e. The fourth-order valence-electron chi connectivity index (χ4n) is 3.48. The van der Waals surface area contributed by atoms with E-state index in [1.54, 1.807) is 23.1 Å². The molecular weight excluding hydrogens is 398 g/mol. The molecule has 1 aliphatic heterocycles. The van der Waals surface area contributed by atoms with Crippen molar-refractivity contribution in [2.24, 2.45) is 5.92 Å². The monoisotopic (exact) mass is 419 g/mol. The number of amides is 2. The van der Waals surface area contributed by atoms with Crippen LogP contribution in [0.15, 0.2) is 23.6 Å². The van der Waals surface area contributed by atoms with E-state index in [4.69, 9.17) is 16.3 Å². The molecular formula is C20H22ClN3O3S. The standard InChI is InChI=1S/C20H22ClN3O3S/c1-27-17-5-4-14(21)10-15(17)19(26)24-8-6-13(7-9-24)18(25)23-20-22-16(11-28-20)12-2-3-12/h4-5,10-13H,2-3,6-9H2,1H3,(H,22,23,25). The molecule has 28 heavy (non-hydrogen) atoms. The van der Waals surface area contributed by atoms with E-state index in [9.17, 15) is 9.59 Å². The van der Waals surface area contributed by atoms with Crippen LogP contribution < -0.4 is 10.1 Å². The lowest BCUT2D eigenvalue weighted by Crippen LogP contribution is -2.41. The van der Waals surface area contributed by atoms with Gasteiger partial charge < -0.3 is 15.0 Å². The Kier molecular flexibility index (Phi) is 5.55. The second-order valence-electron chi connectivity index (χ2n) is 7.25. The van der Waals surface area contributed by atoms with Crippen LogP contribution >= 0.6 is 22.9 Å². The number of piperidine rings is 1. The molecule has 4 rings (SSSR count). The van der Waals surface area contributed by atoms with Gasteiger partial charge in [-0.2, -0.15) is 0 Å². The molecule has 6 nitrogen and oxygen atoms in total. The maximum atomic E-state index is 12.9. The van der Waals surface area contributed by atoms with Crippen LogP contribution in [0, 0.1) is 5.92 Å². The molecule has 2 amide bonds. The lowest BCUT2D eigenvalue weighted by atomic mass is 9.95. The average molecular weight is 420 g/mol. The number of carbonyl (C=O) groups excluding carboxylic acids is 2. The van der Waals surface area contributed by atoms with Crippen molar-refractivity contribution in [3.63, 3.8) is 0 Å². The van der Waals surface area contributed by atoms with E-state index in [2.05, 4.69) is 10.3 Å². The van der Waals surface area contributed by atoms with Crippen molar-refractivity contribution in [2.75, 3.05) is 25.5 Å². The third-order valence-corrected chi connectivity index (χ3v) is 6.30. The van der Waals surface area contributed by atoms with Gasteiger partial charge in [0.2, 0.25) is 5.91 Å². The number of nitrogens with one attached hydrogen (secondary N) is 1. The predicted molar refractivity (Wildman–Crippen MR) is 109 cm³/mol. The number of benzene rings is 1. The molecule has 2 fully saturated rings. The van der Waals surface area contributed by atoms with Gasteiger partial charge in [-0.3, -0.25) is 9.59 Å². The molecule has 1 saturated carbocycles. The number of rotatable bonds is 5. The maximum absolute atomic E-state index is 12.9. The molecule has 1 saturated heterocycles. The van der Waals surface area contributed by atoms with Crippen LogP contribution in [0.2, 0.25) is 5.02 Å². The van der Waals surface area contributed by atoms with Gasteiger partial charge in [-0.05, 0) is 43.9 Å². The number of ether oxygens (including phenoxy) is 1. The van der Waals surface area contributed by atoms with E-state index in [1.165, 1.54) is 31.3 Å². The first-order chi connectivity index (χ1) is 13.5. The summed E-state index contributed by atoms with van der Waals surface area (Å²) >= 11 is 7.52. The Morgan fingerprint density at radius 3 is 2.68 bits per heavy atom. The normalized spacial score (nSPS) is 17.4. The Morgan fingerprint density at radius 1 is 1.25 bits per heavy atom. The van der Waals surface area contributed by atoms with Crippen LogP contribution in [0.1, 0.15) is 47.7 Å². The molecule has 0 unspecified atom stereocenters. The molecule has 2 aliphatic rings. The van der Waals surface area contributed by atoms with E-state index in [-0.39, 0.29) is 17.7 Å². The molecule has 2 aromatic rings. The zero-order valence-electron chi connectivity index (χ0n) is 15.6. The van der Waals surface area contributed by atoms with Crippen molar-refractivity contribution in [1.29, 1.82) is 0 Å². The molecule has 1 aliphatic carbocycles. The number of halogens is 1. The van der Waals surface area contributed by atoms with Crippen molar-refractivity contribution in [3.8, 4) is 5.75 Å². The molecule has 1 aromatic heterocycles. The summed E-state index contributed by atoms with van der Waals surface area (Å²) in [6, 6.07) is 5.02. The quantitative estimate of drug-likeness (QED) is 0.789. The highest BCUT2D eigenvalue weighted by Crippen LogP contribution is 2.41. The Labute approximate surface area is 172 Å². The van der Waals surface area contributed by atoms with Gasteiger partial charge in [0.1, 0.15) is 5.75 Å². The Hall–Kier alpha value is -2.12. The summed E-state index contributed by atoms with van der Waals surface area (Å²) in [6.45, 7) is 1.05. The largest absolute Gasteiger partial charge is 0.496 e. The SMILES string of the molecule is COc1ccc(Cl)cc1C(=O)N1CCC(C(=O)Nc2nc(C3CC3)cs2)CC1. The van der Waals surface area contributed by atoms with Crippen LogP contribution in [-0.4, -0.2) is 41.9 Å². The second kappa shape index (κ2) is 8.09. The van der Waals surface area contributed by atoms with Crippen LogP contribution in [0.3, 0.4) is 0 Å². The van der Waals surface area contributed by atoms with Gasteiger partial charge in [-0.15, -0.1) is 11.3 Å². The van der Waals surface area contributed by atoms with Gasteiger partial charge in [-0.25, -0.2) is 4.98 Å². The molecule has 8 heteroatoms. The van der Waals surface area contributed by atoms with E-state index in [0.717, 1.165) is 5.69 Å². The number of thiazole rings is 1. The van der Waals surface area contributed by atoms with Crippen molar-refractivity contribution >= 4 is 39.9 Å². The number of likely N-dealkylation sites (tertiary alicyclic amines) is 1. The molecule has 0 radical (unpaired) electrons. The first-order valence-corrected chi connectivity index (χ1v) is 10.7. The molecule has 0 bridgehead atoms. The summed E-state index contributed by atoms with van der Waals surface area (Å²) in [4.78, 5) is 31.7. The smallest absolute Gasteiger partial charge is 0.257 e. The van der Waals surface area contributed by atoms with Crippen LogP contribution in [0.4, 0.5) is 5.13 Å². The number of aromatic nitrogens is 1. The summed E-state index contributed by atoms with van der Waals surface area (Å²) in [5, 5.41) is 6.15. The molecule has 1 aromatic carbocycles. The van der Waals surface area contributed by atoms with E-state index in [0.29, 0.717) is 53.3 Å².